The van der Waals surface area contributed by atoms with Gasteiger partial charge >= 0.3 is 0 Å². The maximum atomic E-state index is 12.2. The summed E-state index contributed by atoms with van der Waals surface area (Å²) in [6.07, 6.45) is 5.68. The smallest absolute Gasteiger partial charge is 0.214 e. The third-order valence-electron chi connectivity index (χ3n) is 6.14. The standard InChI is InChI=1S/C22H34N2O5S/c1-16(2)30(26,27)24-20-11-12-23-21(20)15-29-18-9-7-17(8-10-18)19-5-3-4-6-22(19)28-14-13-25/h3-6,13,16-18,20-21,23-24H,7-12,14-15H2,1-2H3/t17?,18?,20-,21-/m0/s1. The van der Waals surface area contributed by atoms with Gasteiger partial charge in [0.05, 0.1) is 18.0 Å². The fraction of sp³-hybridized carbons (Fsp3) is 0.682. The zero-order valence-corrected chi connectivity index (χ0v) is 18.7. The van der Waals surface area contributed by atoms with E-state index in [-0.39, 0.29) is 24.8 Å². The van der Waals surface area contributed by atoms with Crippen molar-refractivity contribution in [2.75, 3.05) is 19.8 Å². The number of hydrogen-bond acceptors (Lipinski definition) is 6. The number of hydrogen-bond donors (Lipinski definition) is 2. The summed E-state index contributed by atoms with van der Waals surface area (Å²) in [6.45, 7) is 4.77. The van der Waals surface area contributed by atoms with Crippen LogP contribution in [0.25, 0.3) is 0 Å². The third kappa shape index (κ3) is 6.03. The van der Waals surface area contributed by atoms with Crippen molar-refractivity contribution in [1.82, 2.24) is 10.0 Å². The van der Waals surface area contributed by atoms with Crippen LogP contribution in [0.1, 0.15) is 57.4 Å². The van der Waals surface area contributed by atoms with Crippen LogP contribution < -0.4 is 14.8 Å². The van der Waals surface area contributed by atoms with Gasteiger partial charge in [-0.15, -0.1) is 0 Å². The summed E-state index contributed by atoms with van der Waals surface area (Å²) >= 11 is 0. The second-order valence-electron chi connectivity index (χ2n) is 8.49. The van der Waals surface area contributed by atoms with Crippen molar-refractivity contribution in [3.63, 3.8) is 0 Å². The van der Waals surface area contributed by atoms with Crippen molar-refractivity contribution in [3.8, 4) is 5.75 Å². The summed E-state index contributed by atoms with van der Waals surface area (Å²) in [4.78, 5) is 10.6. The van der Waals surface area contributed by atoms with Crippen molar-refractivity contribution in [3.05, 3.63) is 29.8 Å². The number of aldehydes is 1. The number of para-hydroxylation sites is 1. The van der Waals surface area contributed by atoms with E-state index in [0.29, 0.717) is 12.5 Å². The molecule has 0 bridgehead atoms. The molecule has 0 amide bonds. The van der Waals surface area contributed by atoms with E-state index < -0.39 is 15.3 Å². The monoisotopic (exact) mass is 438 g/mol. The highest BCUT2D eigenvalue weighted by Crippen LogP contribution is 2.38. The van der Waals surface area contributed by atoms with Gasteiger partial charge in [0.15, 0.2) is 6.29 Å². The Hall–Kier alpha value is -1.48. The highest BCUT2D eigenvalue weighted by molar-refractivity contribution is 7.90. The molecule has 0 unspecified atom stereocenters. The van der Waals surface area contributed by atoms with Gasteiger partial charge in [0.25, 0.3) is 0 Å². The summed E-state index contributed by atoms with van der Waals surface area (Å²) in [5, 5.41) is 2.94. The second-order valence-corrected chi connectivity index (χ2v) is 10.8. The first-order valence-corrected chi connectivity index (χ1v) is 12.5. The van der Waals surface area contributed by atoms with Crippen LogP contribution in [0.15, 0.2) is 24.3 Å². The number of ether oxygens (including phenoxy) is 2. The molecule has 1 saturated heterocycles. The number of carbonyl (C=O) groups excluding carboxylic acids is 1. The zero-order valence-electron chi connectivity index (χ0n) is 17.9. The molecule has 1 aromatic rings. The minimum Gasteiger partial charge on any atom is -0.486 e. The Labute approximate surface area is 180 Å². The summed E-state index contributed by atoms with van der Waals surface area (Å²) in [6, 6.07) is 7.84. The van der Waals surface area contributed by atoms with Crippen molar-refractivity contribution >= 4 is 16.3 Å². The van der Waals surface area contributed by atoms with Gasteiger partial charge in [0, 0.05) is 12.1 Å². The van der Waals surface area contributed by atoms with Gasteiger partial charge in [-0.05, 0) is 70.0 Å². The van der Waals surface area contributed by atoms with Crippen LogP contribution in [-0.4, -0.2) is 57.9 Å². The van der Waals surface area contributed by atoms with Crippen molar-refractivity contribution in [1.29, 1.82) is 0 Å². The first-order valence-electron chi connectivity index (χ1n) is 10.9. The van der Waals surface area contributed by atoms with E-state index in [1.807, 2.05) is 18.2 Å². The van der Waals surface area contributed by atoms with Gasteiger partial charge in [0.2, 0.25) is 10.0 Å². The second kappa shape index (κ2) is 10.7. The van der Waals surface area contributed by atoms with E-state index in [4.69, 9.17) is 9.47 Å². The number of carbonyl (C=O) groups is 1. The Kier molecular flexibility index (Phi) is 8.27. The molecule has 30 heavy (non-hydrogen) atoms. The molecule has 8 heteroatoms. The predicted molar refractivity (Wildman–Crippen MR) is 116 cm³/mol. The van der Waals surface area contributed by atoms with E-state index in [9.17, 15) is 13.2 Å². The summed E-state index contributed by atoms with van der Waals surface area (Å²) in [7, 11) is -3.29. The lowest BCUT2D eigenvalue weighted by molar-refractivity contribution is -0.109. The van der Waals surface area contributed by atoms with Crippen molar-refractivity contribution in [2.45, 2.75) is 75.3 Å². The Morgan fingerprint density at radius 1 is 1.17 bits per heavy atom. The molecule has 1 saturated carbocycles. The van der Waals surface area contributed by atoms with Crippen LogP contribution in [0.2, 0.25) is 0 Å². The number of nitrogens with one attached hydrogen (secondary N) is 2. The Bertz CT molecular complexity index is 790. The molecule has 0 radical (unpaired) electrons. The summed E-state index contributed by atoms with van der Waals surface area (Å²) in [5.74, 6) is 1.20. The Morgan fingerprint density at radius 3 is 2.60 bits per heavy atom. The van der Waals surface area contributed by atoms with Gasteiger partial charge in [0.1, 0.15) is 12.4 Å². The molecular formula is C22H34N2O5S. The van der Waals surface area contributed by atoms with Crippen molar-refractivity contribution < 1.29 is 22.7 Å². The van der Waals surface area contributed by atoms with Gasteiger partial charge < -0.3 is 14.8 Å². The molecule has 2 atom stereocenters. The Morgan fingerprint density at radius 2 is 1.90 bits per heavy atom. The molecule has 1 aliphatic carbocycles. The molecule has 1 heterocycles. The average Bonchev–Trinajstić information content (AvgIpc) is 3.17. The van der Waals surface area contributed by atoms with E-state index in [0.717, 1.165) is 50.7 Å². The van der Waals surface area contributed by atoms with Crippen LogP contribution >= 0.6 is 0 Å². The third-order valence-corrected chi connectivity index (χ3v) is 8.01. The quantitative estimate of drug-likeness (QED) is 0.545. The van der Waals surface area contributed by atoms with Crippen molar-refractivity contribution in [2.24, 2.45) is 0 Å². The zero-order chi connectivity index (χ0) is 21.6. The lowest BCUT2D eigenvalue weighted by Gasteiger charge is -2.31. The highest BCUT2D eigenvalue weighted by atomic mass is 32.2. The molecule has 168 valence electrons. The minimum atomic E-state index is -3.29. The van der Waals surface area contributed by atoms with Crippen LogP contribution in [0.5, 0.6) is 5.75 Å². The first-order chi connectivity index (χ1) is 14.4. The van der Waals surface area contributed by atoms with E-state index in [1.54, 1.807) is 13.8 Å². The first kappa shape index (κ1) is 23.2. The molecular weight excluding hydrogens is 404 g/mol. The fourth-order valence-corrected chi connectivity index (χ4v) is 5.26. The molecule has 0 aromatic heterocycles. The van der Waals surface area contributed by atoms with Crippen LogP contribution in [0.4, 0.5) is 0 Å². The Balaban J connectivity index is 1.48. The maximum absolute atomic E-state index is 12.2. The van der Waals surface area contributed by atoms with Crippen LogP contribution in [-0.2, 0) is 19.6 Å². The molecule has 0 spiro atoms. The van der Waals surface area contributed by atoms with Crippen LogP contribution in [0, 0.1) is 0 Å². The molecule has 1 aromatic carbocycles. The number of benzene rings is 1. The molecule has 3 rings (SSSR count). The van der Waals surface area contributed by atoms with Crippen LogP contribution in [0.3, 0.4) is 0 Å². The minimum absolute atomic E-state index is 0.00807. The highest BCUT2D eigenvalue weighted by Gasteiger charge is 2.33. The summed E-state index contributed by atoms with van der Waals surface area (Å²) in [5.41, 5.74) is 1.17. The average molecular weight is 439 g/mol. The van der Waals surface area contributed by atoms with Gasteiger partial charge in [-0.2, -0.15) is 0 Å². The largest absolute Gasteiger partial charge is 0.486 e. The normalized spacial score (nSPS) is 27.3. The maximum Gasteiger partial charge on any atom is 0.214 e. The topological polar surface area (TPSA) is 93.7 Å². The molecule has 2 aliphatic rings. The SMILES string of the molecule is CC(C)S(=O)(=O)N[C@H]1CCN[C@H]1COC1CCC(c2ccccc2OCC=O)CC1. The van der Waals surface area contributed by atoms with Gasteiger partial charge in [-0.25, -0.2) is 13.1 Å². The molecule has 1 aliphatic heterocycles. The van der Waals surface area contributed by atoms with E-state index >= 15 is 0 Å². The number of rotatable bonds is 10. The van der Waals surface area contributed by atoms with Gasteiger partial charge in [-0.1, -0.05) is 18.2 Å². The van der Waals surface area contributed by atoms with E-state index in [1.165, 1.54) is 5.56 Å². The predicted octanol–water partition coefficient (Wildman–Crippen LogP) is 2.37. The summed E-state index contributed by atoms with van der Waals surface area (Å²) < 4.78 is 39.0. The lowest BCUT2D eigenvalue weighted by atomic mass is 9.82. The van der Waals surface area contributed by atoms with Gasteiger partial charge in [-0.3, -0.25) is 4.79 Å². The van der Waals surface area contributed by atoms with E-state index in [2.05, 4.69) is 16.1 Å². The lowest BCUT2D eigenvalue weighted by Crippen LogP contribution is -2.48. The fourth-order valence-electron chi connectivity index (χ4n) is 4.28. The molecule has 2 fully saturated rings. The molecule has 7 nitrogen and oxygen atoms in total. The molecule has 2 N–H and O–H groups in total. The number of sulfonamides is 1.